The Hall–Kier alpha value is -2.53. The summed E-state index contributed by atoms with van der Waals surface area (Å²) in [6, 6.07) is 16.3. The third-order valence-electron chi connectivity index (χ3n) is 3.81. The average Bonchev–Trinajstić information content (AvgIpc) is 2.97. The molecule has 1 heterocycles. The number of nitrogens with zero attached hydrogens (tertiary/aromatic N) is 2. The number of carbonyl (C=O) groups excluding carboxylic acids is 1. The van der Waals surface area contributed by atoms with Crippen molar-refractivity contribution in [3.05, 3.63) is 65.9 Å². The predicted octanol–water partition coefficient (Wildman–Crippen LogP) is 3.73. The predicted molar refractivity (Wildman–Crippen MR) is 98.4 cm³/mol. The fourth-order valence-electron chi connectivity index (χ4n) is 2.76. The van der Waals surface area contributed by atoms with Crippen LogP contribution in [0.1, 0.15) is 11.1 Å². The SMILES string of the molecule is Cc1cccc(C)c1-n1c(-c2ccccc2)cnc1SCC(N)=O. The highest BCUT2D eigenvalue weighted by Crippen LogP contribution is 2.32. The molecule has 0 aliphatic rings. The van der Waals surface area contributed by atoms with E-state index in [1.807, 2.05) is 30.5 Å². The van der Waals surface area contributed by atoms with Crippen LogP contribution in [-0.4, -0.2) is 21.2 Å². The van der Waals surface area contributed by atoms with Gasteiger partial charge in [-0.2, -0.15) is 0 Å². The topological polar surface area (TPSA) is 60.9 Å². The van der Waals surface area contributed by atoms with Crippen molar-refractivity contribution >= 4 is 17.7 Å². The minimum absolute atomic E-state index is 0.205. The minimum atomic E-state index is -0.350. The summed E-state index contributed by atoms with van der Waals surface area (Å²) in [6.45, 7) is 4.17. The summed E-state index contributed by atoms with van der Waals surface area (Å²) >= 11 is 1.36. The molecule has 0 spiro atoms. The molecule has 24 heavy (non-hydrogen) atoms. The maximum Gasteiger partial charge on any atom is 0.227 e. The van der Waals surface area contributed by atoms with E-state index >= 15 is 0 Å². The zero-order valence-electron chi connectivity index (χ0n) is 13.7. The van der Waals surface area contributed by atoms with Crippen molar-refractivity contribution in [3.63, 3.8) is 0 Å². The van der Waals surface area contributed by atoms with E-state index < -0.39 is 0 Å². The maximum absolute atomic E-state index is 11.2. The van der Waals surface area contributed by atoms with Gasteiger partial charge in [-0.15, -0.1) is 0 Å². The van der Waals surface area contributed by atoms with Gasteiger partial charge in [-0.25, -0.2) is 4.98 Å². The van der Waals surface area contributed by atoms with Gasteiger partial charge in [0.05, 0.1) is 23.3 Å². The number of hydrogen-bond donors (Lipinski definition) is 1. The molecule has 0 radical (unpaired) electrons. The zero-order chi connectivity index (χ0) is 17.1. The van der Waals surface area contributed by atoms with Crippen molar-refractivity contribution in [2.75, 3.05) is 5.75 Å². The summed E-state index contributed by atoms with van der Waals surface area (Å²) < 4.78 is 2.12. The van der Waals surface area contributed by atoms with Crippen molar-refractivity contribution < 1.29 is 4.79 Å². The molecule has 2 N–H and O–H groups in total. The van der Waals surface area contributed by atoms with E-state index in [4.69, 9.17) is 5.73 Å². The Labute approximate surface area is 145 Å². The number of nitrogens with two attached hydrogens (primary N) is 1. The largest absolute Gasteiger partial charge is 0.369 e. The number of imidazole rings is 1. The zero-order valence-corrected chi connectivity index (χ0v) is 14.5. The maximum atomic E-state index is 11.2. The Balaban J connectivity index is 2.20. The monoisotopic (exact) mass is 337 g/mol. The number of benzene rings is 2. The van der Waals surface area contributed by atoms with E-state index in [9.17, 15) is 4.79 Å². The van der Waals surface area contributed by atoms with E-state index in [-0.39, 0.29) is 11.7 Å². The van der Waals surface area contributed by atoms with Gasteiger partial charge in [-0.1, -0.05) is 60.3 Å². The van der Waals surface area contributed by atoms with Crippen molar-refractivity contribution in [2.45, 2.75) is 19.0 Å². The molecular weight excluding hydrogens is 318 g/mol. The van der Waals surface area contributed by atoms with E-state index in [1.165, 1.54) is 11.8 Å². The number of amides is 1. The highest BCUT2D eigenvalue weighted by Gasteiger charge is 2.17. The Bertz CT molecular complexity index is 851. The first-order valence-electron chi connectivity index (χ1n) is 7.69. The van der Waals surface area contributed by atoms with E-state index in [1.54, 1.807) is 0 Å². The highest BCUT2D eigenvalue weighted by atomic mass is 32.2. The van der Waals surface area contributed by atoms with E-state index in [2.05, 4.69) is 47.7 Å². The molecule has 3 aromatic rings. The first-order valence-corrected chi connectivity index (χ1v) is 8.67. The lowest BCUT2D eigenvalue weighted by atomic mass is 10.1. The third kappa shape index (κ3) is 3.21. The molecule has 2 aromatic carbocycles. The summed E-state index contributed by atoms with van der Waals surface area (Å²) in [7, 11) is 0. The molecule has 1 aromatic heterocycles. The molecule has 0 saturated heterocycles. The van der Waals surface area contributed by atoms with Crippen molar-refractivity contribution in [2.24, 2.45) is 5.73 Å². The number of primary amides is 1. The van der Waals surface area contributed by atoms with E-state index in [0.717, 1.165) is 33.2 Å². The number of para-hydroxylation sites is 1. The lowest BCUT2D eigenvalue weighted by Gasteiger charge is -2.16. The minimum Gasteiger partial charge on any atom is -0.369 e. The normalized spacial score (nSPS) is 10.8. The van der Waals surface area contributed by atoms with Gasteiger partial charge in [0.1, 0.15) is 0 Å². The summed E-state index contributed by atoms with van der Waals surface area (Å²) in [5.74, 6) is -0.145. The Morgan fingerprint density at radius 1 is 1.08 bits per heavy atom. The highest BCUT2D eigenvalue weighted by molar-refractivity contribution is 7.99. The third-order valence-corrected chi connectivity index (χ3v) is 4.78. The Kier molecular flexibility index (Phi) is 4.71. The number of carbonyl (C=O) groups is 1. The molecule has 0 unspecified atom stereocenters. The molecule has 5 heteroatoms. The first-order chi connectivity index (χ1) is 11.6. The standard InChI is InChI=1S/C19H19N3OS/c1-13-7-6-8-14(2)18(13)22-16(15-9-4-3-5-10-15)11-21-19(22)24-12-17(20)23/h3-11H,12H2,1-2H3,(H2,20,23). The summed E-state index contributed by atoms with van der Waals surface area (Å²) in [5, 5.41) is 0.769. The molecule has 0 aliphatic carbocycles. The molecule has 0 bridgehead atoms. The van der Waals surface area contributed by atoms with Crippen molar-refractivity contribution in [1.82, 2.24) is 9.55 Å². The molecule has 0 aliphatic heterocycles. The van der Waals surface area contributed by atoms with Crippen LogP contribution in [0, 0.1) is 13.8 Å². The van der Waals surface area contributed by atoms with Gasteiger partial charge in [0.2, 0.25) is 5.91 Å². The second-order valence-corrected chi connectivity index (χ2v) is 6.57. The lowest BCUT2D eigenvalue weighted by Crippen LogP contribution is -2.14. The van der Waals surface area contributed by atoms with Crippen molar-refractivity contribution in [1.29, 1.82) is 0 Å². The smallest absolute Gasteiger partial charge is 0.227 e. The van der Waals surface area contributed by atoms with Crippen molar-refractivity contribution in [3.8, 4) is 16.9 Å². The van der Waals surface area contributed by atoms with Crippen LogP contribution in [0.3, 0.4) is 0 Å². The van der Waals surface area contributed by atoms with Gasteiger partial charge in [-0.05, 0) is 25.0 Å². The number of rotatable bonds is 5. The fourth-order valence-corrected chi connectivity index (χ4v) is 3.48. The summed E-state index contributed by atoms with van der Waals surface area (Å²) in [5.41, 5.74) is 10.8. The number of thioether (sulfide) groups is 1. The van der Waals surface area contributed by atoms with Gasteiger partial charge < -0.3 is 5.73 Å². The first kappa shape index (κ1) is 16.3. The van der Waals surface area contributed by atoms with Crippen LogP contribution >= 0.6 is 11.8 Å². The molecule has 1 amide bonds. The average molecular weight is 337 g/mol. The second kappa shape index (κ2) is 6.93. The lowest BCUT2D eigenvalue weighted by molar-refractivity contribution is -0.115. The van der Waals surface area contributed by atoms with Gasteiger partial charge in [0, 0.05) is 5.56 Å². The Morgan fingerprint density at radius 2 is 1.75 bits per heavy atom. The molecule has 0 atom stereocenters. The second-order valence-electron chi connectivity index (χ2n) is 5.62. The van der Waals surface area contributed by atoms with Gasteiger partial charge in [-0.3, -0.25) is 9.36 Å². The molecule has 0 saturated carbocycles. The molecular formula is C19H19N3OS. The van der Waals surface area contributed by atoms with Crippen LogP contribution in [0.2, 0.25) is 0 Å². The van der Waals surface area contributed by atoms with Crippen LogP contribution in [0.4, 0.5) is 0 Å². The van der Waals surface area contributed by atoms with Gasteiger partial charge >= 0.3 is 0 Å². The van der Waals surface area contributed by atoms with Gasteiger partial charge in [0.25, 0.3) is 0 Å². The van der Waals surface area contributed by atoms with Crippen LogP contribution in [-0.2, 0) is 4.79 Å². The molecule has 122 valence electrons. The number of aromatic nitrogens is 2. The van der Waals surface area contributed by atoms with E-state index in [0.29, 0.717) is 0 Å². The Morgan fingerprint density at radius 3 is 2.38 bits per heavy atom. The quantitative estimate of drug-likeness (QED) is 0.722. The van der Waals surface area contributed by atoms with Crippen LogP contribution in [0.5, 0.6) is 0 Å². The molecule has 3 rings (SSSR count). The number of hydrogen-bond acceptors (Lipinski definition) is 3. The molecule has 4 nitrogen and oxygen atoms in total. The van der Waals surface area contributed by atoms with Crippen LogP contribution in [0.15, 0.2) is 59.9 Å². The van der Waals surface area contributed by atoms with Crippen LogP contribution < -0.4 is 5.73 Å². The molecule has 0 fully saturated rings. The summed E-state index contributed by atoms with van der Waals surface area (Å²) in [4.78, 5) is 15.7. The van der Waals surface area contributed by atoms with Crippen LogP contribution in [0.25, 0.3) is 16.9 Å². The summed E-state index contributed by atoms with van der Waals surface area (Å²) in [6.07, 6.45) is 1.85. The fraction of sp³-hybridized carbons (Fsp3) is 0.158. The number of aryl methyl sites for hydroxylation is 2. The van der Waals surface area contributed by atoms with Gasteiger partial charge in [0.15, 0.2) is 5.16 Å².